The maximum atomic E-state index is 11.9. The normalized spacial score (nSPS) is 20.6. The SMILES string of the molecule is NCC(=O)N1C[C@H](O)C[C@H]1c1nc(Cc2ccc(Cl)c(Cl)c2)no1. The summed E-state index contributed by atoms with van der Waals surface area (Å²) in [6.45, 7) is 0.0820. The summed E-state index contributed by atoms with van der Waals surface area (Å²) in [6, 6.07) is 4.82. The Hall–Kier alpha value is -1.67. The topological polar surface area (TPSA) is 105 Å². The van der Waals surface area contributed by atoms with E-state index in [-0.39, 0.29) is 19.0 Å². The number of carbonyl (C=O) groups is 1. The predicted octanol–water partition coefficient (Wildman–Crippen LogP) is 1.56. The molecule has 1 aromatic carbocycles. The number of hydrogen-bond donors (Lipinski definition) is 2. The van der Waals surface area contributed by atoms with Crippen LogP contribution >= 0.6 is 23.2 Å². The van der Waals surface area contributed by atoms with E-state index in [0.717, 1.165) is 5.56 Å². The second-order valence-corrected chi connectivity index (χ2v) is 6.44. The zero-order chi connectivity index (χ0) is 17.3. The summed E-state index contributed by atoms with van der Waals surface area (Å²) in [7, 11) is 0. The van der Waals surface area contributed by atoms with E-state index in [0.29, 0.717) is 34.6 Å². The molecule has 0 saturated carbocycles. The number of amides is 1. The molecule has 0 aliphatic carbocycles. The number of aromatic nitrogens is 2. The van der Waals surface area contributed by atoms with E-state index in [9.17, 15) is 9.90 Å². The van der Waals surface area contributed by atoms with Crippen LogP contribution in [0.4, 0.5) is 0 Å². The molecule has 1 aromatic heterocycles. The molecule has 1 amide bonds. The number of aliphatic hydroxyl groups is 1. The summed E-state index contributed by atoms with van der Waals surface area (Å²) in [5.74, 6) is 0.495. The first kappa shape index (κ1) is 17.2. The van der Waals surface area contributed by atoms with Crippen molar-refractivity contribution in [3.05, 3.63) is 45.5 Å². The Morgan fingerprint density at radius 1 is 1.42 bits per heavy atom. The third-order valence-corrected chi connectivity index (χ3v) is 4.63. The number of nitrogens with two attached hydrogens (primary N) is 1. The van der Waals surface area contributed by atoms with Crippen molar-refractivity contribution in [2.75, 3.05) is 13.1 Å². The van der Waals surface area contributed by atoms with Gasteiger partial charge in [0.25, 0.3) is 0 Å². The van der Waals surface area contributed by atoms with Gasteiger partial charge in [0.15, 0.2) is 5.82 Å². The van der Waals surface area contributed by atoms with E-state index in [1.165, 1.54) is 4.90 Å². The number of carbonyl (C=O) groups excluding carboxylic acids is 1. The fraction of sp³-hybridized carbons (Fsp3) is 0.400. The molecular formula is C15H16Cl2N4O3. The zero-order valence-electron chi connectivity index (χ0n) is 12.7. The van der Waals surface area contributed by atoms with Gasteiger partial charge < -0.3 is 20.3 Å². The van der Waals surface area contributed by atoms with E-state index in [1.807, 2.05) is 6.07 Å². The molecule has 3 rings (SSSR count). The number of benzene rings is 1. The summed E-state index contributed by atoms with van der Waals surface area (Å²) in [6.07, 6.45) is 0.136. The molecule has 0 bridgehead atoms. The fourth-order valence-electron chi connectivity index (χ4n) is 2.75. The Labute approximate surface area is 148 Å². The van der Waals surface area contributed by atoms with Crippen molar-refractivity contribution in [2.24, 2.45) is 5.73 Å². The van der Waals surface area contributed by atoms with Crippen LogP contribution in [0, 0.1) is 0 Å². The molecule has 1 aliphatic rings. The van der Waals surface area contributed by atoms with Crippen molar-refractivity contribution in [2.45, 2.75) is 25.0 Å². The molecule has 1 fully saturated rings. The van der Waals surface area contributed by atoms with Gasteiger partial charge in [-0.05, 0) is 17.7 Å². The Morgan fingerprint density at radius 2 is 2.21 bits per heavy atom. The van der Waals surface area contributed by atoms with Gasteiger partial charge in [-0.25, -0.2) is 0 Å². The molecule has 9 heteroatoms. The monoisotopic (exact) mass is 370 g/mol. The van der Waals surface area contributed by atoms with Crippen molar-refractivity contribution < 1.29 is 14.4 Å². The van der Waals surface area contributed by atoms with Crippen LogP contribution in [-0.2, 0) is 11.2 Å². The standard InChI is InChI=1S/C15H16Cl2N4O3/c16-10-2-1-8(3-11(10)17)4-13-19-15(24-20-13)12-5-9(22)7-21(12)14(23)6-18/h1-3,9,12,22H,4-7,18H2/t9-,12+/m1/s1. The predicted molar refractivity (Wildman–Crippen MR) is 87.7 cm³/mol. The summed E-state index contributed by atoms with van der Waals surface area (Å²) >= 11 is 11.9. The molecule has 2 heterocycles. The third-order valence-electron chi connectivity index (χ3n) is 3.89. The van der Waals surface area contributed by atoms with Crippen LogP contribution in [0.3, 0.4) is 0 Å². The summed E-state index contributed by atoms with van der Waals surface area (Å²) in [5, 5.41) is 14.7. The van der Waals surface area contributed by atoms with Gasteiger partial charge in [-0.2, -0.15) is 4.98 Å². The number of rotatable bonds is 4. The molecule has 3 N–H and O–H groups in total. The van der Waals surface area contributed by atoms with Crippen molar-refractivity contribution in [1.82, 2.24) is 15.0 Å². The lowest BCUT2D eigenvalue weighted by Gasteiger charge is -2.20. The van der Waals surface area contributed by atoms with Crippen molar-refractivity contribution in [1.29, 1.82) is 0 Å². The van der Waals surface area contributed by atoms with Crippen LogP contribution in [0.5, 0.6) is 0 Å². The molecule has 2 atom stereocenters. The lowest BCUT2D eigenvalue weighted by Crippen LogP contribution is -2.36. The maximum Gasteiger partial charge on any atom is 0.249 e. The minimum absolute atomic E-state index is 0.131. The van der Waals surface area contributed by atoms with Gasteiger partial charge in [-0.15, -0.1) is 0 Å². The van der Waals surface area contributed by atoms with E-state index >= 15 is 0 Å². The number of β-amino-alcohol motifs (C(OH)–C–C–N with tert-alkyl or cyclic N) is 1. The summed E-state index contributed by atoms with van der Waals surface area (Å²) in [4.78, 5) is 17.7. The number of halogens is 2. The van der Waals surface area contributed by atoms with Crippen LogP contribution in [0.25, 0.3) is 0 Å². The van der Waals surface area contributed by atoms with Crippen LogP contribution < -0.4 is 5.73 Å². The van der Waals surface area contributed by atoms with E-state index < -0.39 is 12.1 Å². The minimum Gasteiger partial charge on any atom is -0.391 e. The molecular weight excluding hydrogens is 355 g/mol. The third kappa shape index (κ3) is 3.54. The number of hydrogen-bond acceptors (Lipinski definition) is 6. The highest BCUT2D eigenvalue weighted by Crippen LogP contribution is 2.31. The average molecular weight is 371 g/mol. The van der Waals surface area contributed by atoms with Crippen LogP contribution in [0.2, 0.25) is 10.0 Å². The largest absolute Gasteiger partial charge is 0.391 e. The zero-order valence-corrected chi connectivity index (χ0v) is 14.2. The van der Waals surface area contributed by atoms with Crippen molar-refractivity contribution >= 4 is 29.1 Å². The minimum atomic E-state index is -0.629. The van der Waals surface area contributed by atoms with Crippen LogP contribution in [-0.4, -0.2) is 45.2 Å². The number of likely N-dealkylation sites (tertiary alicyclic amines) is 1. The molecule has 1 saturated heterocycles. The van der Waals surface area contributed by atoms with Gasteiger partial charge >= 0.3 is 0 Å². The molecule has 0 unspecified atom stereocenters. The highest BCUT2D eigenvalue weighted by atomic mass is 35.5. The van der Waals surface area contributed by atoms with E-state index in [1.54, 1.807) is 12.1 Å². The lowest BCUT2D eigenvalue weighted by molar-refractivity contribution is -0.131. The highest BCUT2D eigenvalue weighted by molar-refractivity contribution is 6.42. The molecule has 1 aliphatic heterocycles. The maximum absolute atomic E-state index is 11.9. The first-order valence-electron chi connectivity index (χ1n) is 7.42. The Bertz CT molecular complexity index is 752. The van der Waals surface area contributed by atoms with Gasteiger partial charge in [-0.3, -0.25) is 4.79 Å². The first-order chi connectivity index (χ1) is 11.5. The quantitative estimate of drug-likeness (QED) is 0.845. The van der Waals surface area contributed by atoms with Crippen LogP contribution in [0.1, 0.15) is 29.7 Å². The van der Waals surface area contributed by atoms with E-state index in [4.69, 9.17) is 33.5 Å². The first-order valence-corrected chi connectivity index (χ1v) is 8.17. The number of aliphatic hydroxyl groups excluding tert-OH is 1. The van der Waals surface area contributed by atoms with Gasteiger partial charge in [0, 0.05) is 19.4 Å². The summed E-state index contributed by atoms with van der Waals surface area (Å²) in [5.41, 5.74) is 6.30. The molecule has 7 nitrogen and oxygen atoms in total. The fourth-order valence-corrected chi connectivity index (χ4v) is 3.07. The average Bonchev–Trinajstić information content (AvgIpc) is 3.16. The second kappa shape index (κ2) is 7.06. The van der Waals surface area contributed by atoms with Crippen molar-refractivity contribution in [3.63, 3.8) is 0 Å². The highest BCUT2D eigenvalue weighted by Gasteiger charge is 2.38. The van der Waals surface area contributed by atoms with Crippen LogP contribution in [0.15, 0.2) is 22.7 Å². The van der Waals surface area contributed by atoms with E-state index in [2.05, 4.69) is 10.1 Å². The molecule has 0 radical (unpaired) electrons. The molecule has 24 heavy (non-hydrogen) atoms. The van der Waals surface area contributed by atoms with Gasteiger partial charge in [0.05, 0.1) is 22.7 Å². The van der Waals surface area contributed by atoms with Gasteiger partial charge in [-0.1, -0.05) is 34.4 Å². The molecule has 128 valence electrons. The Kier molecular flexibility index (Phi) is 5.05. The molecule has 0 spiro atoms. The second-order valence-electron chi connectivity index (χ2n) is 5.63. The lowest BCUT2D eigenvalue weighted by atomic mass is 10.1. The van der Waals surface area contributed by atoms with Crippen molar-refractivity contribution in [3.8, 4) is 0 Å². The Balaban J connectivity index is 1.77. The summed E-state index contributed by atoms with van der Waals surface area (Å²) < 4.78 is 5.28. The smallest absolute Gasteiger partial charge is 0.249 e. The number of nitrogens with zero attached hydrogens (tertiary/aromatic N) is 3. The molecule has 2 aromatic rings. The van der Waals surface area contributed by atoms with Gasteiger partial charge in [0.1, 0.15) is 6.04 Å². The van der Waals surface area contributed by atoms with Gasteiger partial charge in [0.2, 0.25) is 11.8 Å². The Morgan fingerprint density at radius 3 is 2.92 bits per heavy atom.